The molecule has 0 saturated carbocycles. The third kappa shape index (κ3) is 9.74. The summed E-state index contributed by atoms with van der Waals surface area (Å²) in [5.74, 6) is -0.890. The van der Waals surface area contributed by atoms with Crippen molar-refractivity contribution in [2.45, 2.75) is 59.2 Å². The van der Waals surface area contributed by atoms with E-state index in [-0.39, 0.29) is 5.56 Å². The summed E-state index contributed by atoms with van der Waals surface area (Å²) in [5.41, 5.74) is -1.43. The highest BCUT2D eigenvalue weighted by Gasteiger charge is 2.35. The summed E-state index contributed by atoms with van der Waals surface area (Å²) in [4.78, 5) is 48.6. The Morgan fingerprint density at radius 1 is 1.05 bits per heavy atom. The molecule has 0 radical (unpaired) electrons. The third-order valence-electron chi connectivity index (χ3n) is 4.12. The fraction of sp³-hybridized carbons (Fsp3) is 0.600. The minimum absolute atomic E-state index is 0.133. The number of H-pyrrole nitrogens is 1. The molecule has 1 aromatic rings. The van der Waals surface area contributed by atoms with E-state index in [0.717, 1.165) is 16.8 Å². The van der Waals surface area contributed by atoms with E-state index in [1.807, 2.05) is 4.98 Å². The summed E-state index contributed by atoms with van der Waals surface area (Å²) in [6.07, 6.45) is -3.93. The molecule has 1 aliphatic heterocycles. The highest BCUT2D eigenvalue weighted by Crippen LogP contribution is 2.50. The summed E-state index contributed by atoms with van der Waals surface area (Å²) < 4.78 is 67.2. The maximum Gasteiger partial charge on any atom is 0.510 e. The van der Waals surface area contributed by atoms with Gasteiger partial charge in [0.2, 0.25) is 13.6 Å². The lowest BCUT2D eigenvalue weighted by atomic mass is 10.3. The first-order valence-electron chi connectivity index (χ1n) is 10.8. The van der Waals surface area contributed by atoms with Gasteiger partial charge in [-0.2, -0.15) is 0 Å². The monoisotopic (exact) mass is 554 g/mol. The fourth-order valence-electron chi connectivity index (χ4n) is 2.58. The van der Waals surface area contributed by atoms with Crippen molar-refractivity contribution in [2.24, 2.45) is 0 Å². The van der Waals surface area contributed by atoms with Crippen LogP contribution in [-0.2, 0) is 41.8 Å². The highest BCUT2D eigenvalue weighted by molar-refractivity contribution is 7.48. The van der Waals surface area contributed by atoms with Gasteiger partial charge in [0.05, 0.1) is 18.8 Å². The number of aromatic nitrogens is 2. The number of hydrogen-bond donors (Lipinski definition) is 1. The topological polar surface area (TPSA) is 180 Å². The van der Waals surface area contributed by atoms with Crippen LogP contribution in [0.1, 0.15) is 39.5 Å². The first-order chi connectivity index (χ1) is 17.3. The molecule has 0 saturated heterocycles. The minimum atomic E-state index is -4.60. The fourth-order valence-corrected chi connectivity index (χ4v) is 3.50. The van der Waals surface area contributed by atoms with Crippen molar-refractivity contribution in [3.05, 3.63) is 44.5 Å². The first kappa shape index (κ1) is 30.2. The summed E-state index contributed by atoms with van der Waals surface area (Å²) >= 11 is 0. The molecule has 0 fully saturated rings. The number of nitrogens with one attached hydrogen (secondary N) is 1. The van der Waals surface area contributed by atoms with Crippen LogP contribution >= 0.6 is 7.82 Å². The molecule has 0 aliphatic carbocycles. The summed E-state index contributed by atoms with van der Waals surface area (Å²) in [5, 5.41) is 0. The van der Waals surface area contributed by atoms with Gasteiger partial charge in [0.25, 0.3) is 5.56 Å². The molecule has 2 atom stereocenters. The number of rotatable bonds is 12. The zero-order chi connectivity index (χ0) is 27.8. The van der Waals surface area contributed by atoms with Crippen molar-refractivity contribution < 1.29 is 55.8 Å². The Morgan fingerprint density at radius 3 is 2.11 bits per heavy atom. The second-order valence-electron chi connectivity index (χ2n) is 7.92. The van der Waals surface area contributed by atoms with Gasteiger partial charge in [0, 0.05) is 11.8 Å². The number of phosphoric acid groups is 1. The van der Waals surface area contributed by atoms with Crippen molar-refractivity contribution in [3.8, 4) is 0 Å². The molecule has 1 aliphatic rings. The number of carbonyl (C=O) groups is 2. The zero-order valence-electron chi connectivity index (χ0n) is 20.7. The lowest BCUT2D eigenvalue weighted by Gasteiger charge is -2.20. The maximum atomic E-state index is 14.5. The van der Waals surface area contributed by atoms with Crippen LogP contribution in [-0.4, -0.2) is 60.4 Å². The Kier molecular flexibility index (Phi) is 11.0. The number of carbonyl (C=O) groups excluding carboxylic acids is 2. The van der Waals surface area contributed by atoms with Gasteiger partial charge < -0.3 is 23.7 Å². The van der Waals surface area contributed by atoms with E-state index in [9.17, 15) is 28.1 Å². The number of aromatic amines is 1. The van der Waals surface area contributed by atoms with E-state index in [4.69, 9.17) is 27.8 Å². The lowest BCUT2D eigenvalue weighted by molar-refractivity contribution is -0.0572. The Hall–Kier alpha value is -3.04. The molecule has 208 valence electrons. The summed E-state index contributed by atoms with van der Waals surface area (Å²) in [6, 6.07) is 0. The molecule has 1 N–H and O–H groups in total. The first-order valence-corrected chi connectivity index (χ1v) is 12.3. The molecule has 15 nitrogen and oxygen atoms in total. The van der Waals surface area contributed by atoms with Crippen LogP contribution in [0.3, 0.4) is 0 Å². The predicted molar refractivity (Wildman–Crippen MR) is 120 cm³/mol. The second kappa shape index (κ2) is 13.5. The predicted octanol–water partition coefficient (Wildman–Crippen LogP) is 2.79. The average Bonchev–Trinajstić information content (AvgIpc) is 3.14. The van der Waals surface area contributed by atoms with E-state index < -0.39 is 81.9 Å². The Balaban J connectivity index is 2.02. The van der Waals surface area contributed by atoms with Crippen molar-refractivity contribution >= 4 is 20.1 Å². The van der Waals surface area contributed by atoms with Crippen molar-refractivity contribution in [1.29, 1.82) is 0 Å². The van der Waals surface area contributed by atoms with Gasteiger partial charge in [-0.15, -0.1) is 0 Å². The van der Waals surface area contributed by atoms with Crippen molar-refractivity contribution in [1.82, 2.24) is 9.55 Å². The van der Waals surface area contributed by atoms with Gasteiger partial charge in [-0.3, -0.25) is 18.9 Å². The van der Waals surface area contributed by atoms with Crippen LogP contribution in [0.2, 0.25) is 0 Å². The minimum Gasteiger partial charge on any atom is -0.432 e. The van der Waals surface area contributed by atoms with E-state index in [2.05, 4.69) is 9.47 Å². The second-order valence-corrected chi connectivity index (χ2v) is 9.58. The number of ether oxygens (including phenoxy) is 5. The molecule has 17 heteroatoms. The molecule has 2 heterocycles. The molecule has 0 amide bonds. The van der Waals surface area contributed by atoms with Gasteiger partial charge in [-0.25, -0.2) is 32.4 Å². The third-order valence-corrected chi connectivity index (χ3v) is 5.43. The Labute approximate surface area is 209 Å². The van der Waals surface area contributed by atoms with Crippen LogP contribution in [0.4, 0.5) is 14.0 Å². The molecule has 37 heavy (non-hydrogen) atoms. The highest BCUT2D eigenvalue weighted by atomic mass is 31.2. The van der Waals surface area contributed by atoms with E-state index in [1.165, 1.54) is 6.92 Å². The van der Waals surface area contributed by atoms with Gasteiger partial charge in [0.15, 0.2) is 6.23 Å². The summed E-state index contributed by atoms with van der Waals surface area (Å²) in [6.45, 7) is 5.16. The smallest absolute Gasteiger partial charge is 0.432 e. The molecule has 1 aromatic heterocycles. The molecule has 0 bridgehead atoms. The van der Waals surface area contributed by atoms with Crippen LogP contribution in [0.15, 0.2) is 27.7 Å². The Morgan fingerprint density at radius 2 is 1.59 bits per heavy atom. The van der Waals surface area contributed by atoms with E-state index in [0.29, 0.717) is 0 Å². The zero-order valence-corrected chi connectivity index (χ0v) is 21.6. The van der Waals surface area contributed by atoms with E-state index >= 15 is 0 Å². The van der Waals surface area contributed by atoms with Gasteiger partial charge in [-0.1, -0.05) is 0 Å². The molecule has 0 spiro atoms. The number of halogens is 1. The van der Waals surface area contributed by atoms with Crippen LogP contribution in [0.5, 0.6) is 0 Å². The summed E-state index contributed by atoms with van der Waals surface area (Å²) in [7, 11) is -4.60. The SMILES string of the molecule is Cc1cn([C@@H]2O[C@H](COP(=O)(OCOC(=O)OC(C)C)OCOC(=O)OC(C)C)C=C2F)c(=O)[nH]c1=O. The number of nitrogens with zero attached hydrogens (tertiary/aromatic N) is 1. The van der Waals surface area contributed by atoms with Crippen molar-refractivity contribution in [3.63, 3.8) is 0 Å². The number of hydrogen-bond acceptors (Lipinski definition) is 13. The number of aryl methyl sites for hydroxylation is 1. The molecule has 0 unspecified atom stereocenters. The van der Waals surface area contributed by atoms with Gasteiger partial charge in [-0.05, 0) is 40.7 Å². The standard InChI is InChI=1S/C20H28FN2O13P/c1-11(2)34-19(26)29-9-32-37(28,33-10-30-20(27)35-12(3)4)31-8-14-6-15(21)17(36-14)23-7-13(5)16(24)22-18(23)25/h6-7,11-12,14,17H,8-10H2,1-5H3,(H,22,24,25)/t14-,17+/m0/s1. The lowest BCUT2D eigenvalue weighted by Crippen LogP contribution is -2.34. The van der Waals surface area contributed by atoms with Crippen LogP contribution in [0.25, 0.3) is 0 Å². The van der Waals surface area contributed by atoms with Gasteiger partial charge >= 0.3 is 25.8 Å². The van der Waals surface area contributed by atoms with Crippen LogP contribution in [0, 0.1) is 6.92 Å². The maximum absolute atomic E-state index is 14.5. The normalized spacial score (nSPS) is 17.6. The molecular weight excluding hydrogens is 526 g/mol. The molecule has 0 aromatic carbocycles. The molecular formula is C20H28FN2O13P. The van der Waals surface area contributed by atoms with Gasteiger partial charge in [0.1, 0.15) is 11.9 Å². The Bertz CT molecular complexity index is 1110. The van der Waals surface area contributed by atoms with Crippen molar-refractivity contribution in [2.75, 3.05) is 20.2 Å². The molecule has 2 rings (SSSR count). The largest absolute Gasteiger partial charge is 0.510 e. The number of phosphoric ester groups is 1. The van der Waals surface area contributed by atoms with E-state index in [1.54, 1.807) is 27.7 Å². The quantitative estimate of drug-likeness (QED) is 0.227. The average molecular weight is 554 g/mol. The van der Waals surface area contributed by atoms with Crippen LogP contribution < -0.4 is 11.2 Å².